The van der Waals surface area contributed by atoms with Gasteiger partial charge in [-0.05, 0) is 156 Å². The van der Waals surface area contributed by atoms with Crippen LogP contribution in [-0.4, -0.2) is 18.7 Å². The SMILES string of the molecule is FC(F)(F)c1ccc(-n2c3ccccc3c3cc(-c4ccc5c(c4)c4cc(-c6ccc7c(c6)c6ccccc6n7-c6ccc(C(F)(F)F)cc6)ccc4n5-c4cccc(-c5ccccn5)c4)ccc32)cc1. The smallest absolute Gasteiger partial charge is 0.309 e. The van der Waals surface area contributed by atoms with Crippen molar-refractivity contribution < 1.29 is 26.3 Å². The number of benzene rings is 9. The van der Waals surface area contributed by atoms with Gasteiger partial charge >= 0.3 is 12.4 Å². The van der Waals surface area contributed by atoms with E-state index in [4.69, 9.17) is 0 Å². The monoisotopic (exact) mass is 938 g/mol. The lowest BCUT2D eigenvalue weighted by Gasteiger charge is -2.11. The molecular formula is C61H36F6N4. The number of pyridine rings is 1. The summed E-state index contributed by atoms with van der Waals surface area (Å²) < 4.78 is 87.7. The second-order valence-corrected chi connectivity index (χ2v) is 17.8. The van der Waals surface area contributed by atoms with E-state index >= 15 is 0 Å². The summed E-state index contributed by atoms with van der Waals surface area (Å²) in [6, 6.07) is 66.3. The fraction of sp³-hybridized carbons (Fsp3) is 0.0328. The van der Waals surface area contributed by atoms with Crippen molar-refractivity contribution in [3.05, 3.63) is 230 Å². The van der Waals surface area contributed by atoms with Gasteiger partial charge in [0.2, 0.25) is 0 Å². The molecule has 71 heavy (non-hydrogen) atoms. The third-order valence-electron chi connectivity index (χ3n) is 13.7. The Morgan fingerprint density at radius 2 is 0.662 bits per heavy atom. The van der Waals surface area contributed by atoms with Crippen molar-refractivity contribution >= 4 is 65.4 Å². The molecule has 0 unspecified atom stereocenters. The zero-order valence-corrected chi connectivity index (χ0v) is 37.3. The Bertz CT molecular complexity index is 4000. The maximum Gasteiger partial charge on any atom is 0.416 e. The predicted molar refractivity (Wildman–Crippen MR) is 274 cm³/mol. The zero-order valence-electron chi connectivity index (χ0n) is 37.3. The summed E-state index contributed by atoms with van der Waals surface area (Å²) in [5.74, 6) is 0. The van der Waals surface area contributed by atoms with Crippen LogP contribution in [0.5, 0.6) is 0 Å². The van der Waals surface area contributed by atoms with E-state index in [9.17, 15) is 26.3 Å². The Morgan fingerprint density at radius 1 is 0.282 bits per heavy atom. The van der Waals surface area contributed by atoms with E-state index in [0.717, 1.165) is 129 Å². The van der Waals surface area contributed by atoms with E-state index in [0.29, 0.717) is 11.4 Å². The van der Waals surface area contributed by atoms with Crippen molar-refractivity contribution in [2.24, 2.45) is 0 Å². The molecule has 0 atom stereocenters. The molecule has 0 radical (unpaired) electrons. The van der Waals surface area contributed by atoms with E-state index in [1.165, 1.54) is 24.3 Å². The average molecular weight is 939 g/mol. The largest absolute Gasteiger partial charge is 0.416 e. The minimum absolute atomic E-state index is 0.637. The molecule has 13 aromatic rings. The van der Waals surface area contributed by atoms with Gasteiger partial charge in [0, 0.05) is 61.1 Å². The van der Waals surface area contributed by atoms with Crippen molar-refractivity contribution in [3.63, 3.8) is 0 Å². The number of rotatable bonds is 6. The Hall–Kier alpha value is -8.89. The van der Waals surface area contributed by atoms with Crippen LogP contribution in [0.3, 0.4) is 0 Å². The number of para-hydroxylation sites is 2. The molecule has 0 aliphatic carbocycles. The number of alkyl halides is 6. The average Bonchev–Trinajstić information content (AvgIpc) is 4.03. The molecule has 0 aliphatic rings. The summed E-state index contributed by atoms with van der Waals surface area (Å²) in [6.45, 7) is 0. The van der Waals surface area contributed by atoms with Crippen LogP contribution < -0.4 is 0 Å². The Balaban J connectivity index is 0.978. The van der Waals surface area contributed by atoms with Crippen molar-refractivity contribution in [3.8, 4) is 50.6 Å². The van der Waals surface area contributed by atoms with E-state index in [1.54, 1.807) is 6.20 Å². The molecule has 0 spiro atoms. The van der Waals surface area contributed by atoms with Gasteiger partial charge in [-0.1, -0.05) is 78.9 Å². The van der Waals surface area contributed by atoms with Gasteiger partial charge in [-0.25, -0.2) is 0 Å². The van der Waals surface area contributed by atoms with Crippen LogP contribution >= 0.6 is 0 Å². The molecule has 0 saturated heterocycles. The van der Waals surface area contributed by atoms with Gasteiger partial charge in [0.25, 0.3) is 0 Å². The lowest BCUT2D eigenvalue weighted by molar-refractivity contribution is -0.138. The van der Waals surface area contributed by atoms with Crippen LogP contribution in [0.4, 0.5) is 26.3 Å². The van der Waals surface area contributed by atoms with Gasteiger partial charge in [-0.15, -0.1) is 0 Å². The standard InChI is InChI=1S/C61H36F6N4/c62-60(63,64)42-19-23-44(24-20-42)69-54-13-3-1-10-47(54)49-33-37(15-27-56(49)69)39-17-29-58-51(35-39)52-36-40(18-30-59(52)71(58)46-9-7-8-41(32-46)53-12-5-6-31-68-53)38-16-28-57-50(34-38)48-11-2-4-14-55(48)70(57)45-25-21-43(22-26-45)61(65,66)67/h1-36H. The van der Waals surface area contributed by atoms with Gasteiger partial charge in [-0.2, -0.15) is 26.3 Å². The number of nitrogens with zero attached hydrogens (tertiary/aromatic N) is 4. The van der Waals surface area contributed by atoms with Crippen LogP contribution in [0.2, 0.25) is 0 Å². The minimum Gasteiger partial charge on any atom is -0.309 e. The summed E-state index contributed by atoms with van der Waals surface area (Å²) in [7, 11) is 0. The van der Waals surface area contributed by atoms with Gasteiger partial charge < -0.3 is 13.7 Å². The molecule has 4 aromatic heterocycles. The molecule has 9 aromatic carbocycles. The molecule has 0 aliphatic heterocycles. The molecular weight excluding hydrogens is 903 g/mol. The fourth-order valence-electron chi connectivity index (χ4n) is 10.5. The lowest BCUT2D eigenvalue weighted by Crippen LogP contribution is -2.05. The number of hydrogen-bond acceptors (Lipinski definition) is 1. The Kier molecular flexibility index (Phi) is 9.41. The first-order valence-electron chi connectivity index (χ1n) is 23.0. The molecule has 0 bridgehead atoms. The van der Waals surface area contributed by atoms with Gasteiger partial charge in [0.1, 0.15) is 0 Å². The Labute approximate surface area is 401 Å². The van der Waals surface area contributed by atoms with E-state index < -0.39 is 23.5 Å². The van der Waals surface area contributed by atoms with Crippen LogP contribution in [0, 0.1) is 0 Å². The number of fused-ring (bicyclic) bond motifs is 9. The summed E-state index contributed by atoms with van der Waals surface area (Å²) in [6.07, 6.45) is -7.08. The number of halogens is 6. The minimum atomic E-state index is -4.44. The topological polar surface area (TPSA) is 27.7 Å². The predicted octanol–water partition coefficient (Wildman–Crippen LogP) is 17.4. The van der Waals surface area contributed by atoms with Gasteiger partial charge in [0.15, 0.2) is 0 Å². The molecule has 0 fully saturated rings. The molecule has 0 amide bonds. The quantitative estimate of drug-likeness (QED) is 0.153. The summed E-state index contributed by atoms with van der Waals surface area (Å²) in [5.41, 5.74) is 12.2. The second kappa shape index (κ2) is 15.8. The summed E-state index contributed by atoms with van der Waals surface area (Å²) in [4.78, 5) is 4.64. The van der Waals surface area contributed by atoms with Crippen LogP contribution in [0.15, 0.2) is 219 Å². The van der Waals surface area contributed by atoms with Crippen molar-refractivity contribution in [1.29, 1.82) is 0 Å². The van der Waals surface area contributed by atoms with Gasteiger partial charge in [0.05, 0.1) is 49.9 Å². The zero-order chi connectivity index (χ0) is 48.2. The molecule has 342 valence electrons. The molecule has 0 N–H and O–H groups in total. The first-order chi connectivity index (χ1) is 34.5. The molecule has 10 heteroatoms. The van der Waals surface area contributed by atoms with Crippen LogP contribution in [0.25, 0.3) is 116 Å². The summed E-state index contributed by atoms with van der Waals surface area (Å²) >= 11 is 0. The second-order valence-electron chi connectivity index (χ2n) is 17.8. The Morgan fingerprint density at radius 3 is 1.07 bits per heavy atom. The highest BCUT2D eigenvalue weighted by molar-refractivity contribution is 6.14. The number of hydrogen-bond donors (Lipinski definition) is 0. The van der Waals surface area contributed by atoms with Crippen LogP contribution in [-0.2, 0) is 12.4 Å². The maximum absolute atomic E-state index is 13.6. The lowest BCUT2D eigenvalue weighted by atomic mass is 9.98. The number of aromatic nitrogens is 4. The van der Waals surface area contributed by atoms with E-state index in [-0.39, 0.29) is 0 Å². The third-order valence-corrected chi connectivity index (χ3v) is 13.7. The highest BCUT2D eigenvalue weighted by Crippen LogP contribution is 2.42. The first kappa shape index (κ1) is 42.2. The highest BCUT2D eigenvalue weighted by atomic mass is 19.4. The highest BCUT2D eigenvalue weighted by Gasteiger charge is 2.31. The summed E-state index contributed by atoms with van der Waals surface area (Å²) in [5, 5.41) is 6.00. The third kappa shape index (κ3) is 6.96. The molecule has 13 rings (SSSR count). The van der Waals surface area contributed by atoms with Crippen LogP contribution in [0.1, 0.15) is 11.1 Å². The molecule has 4 heterocycles. The van der Waals surface area contributed by atoms with E-state index in [2.05, 4.69) is 88.4 Å². The van der Waals surface area contributed by atoms with Crippen molar-refractivity contribution in [2.75, 3.05) is 0 Å². The first-order valence-corrected chi connectivity index (χ1v) is 23.0. The molecule has 0 saturated carbocycles. The van der Waals surface area contributed by atoms with Gasteiger partial charge in [-0.3, -0.25) is 4.98 Å². The maximum atomic E-state index is 13.6. The normalized spacial score (nSPS) is 12.4. The molecule has 4 nitrogen and oxygen atoms in total. The van der Waals surface area contributed by atoms with Crippen molar-refractivity contribution in [1.82, 2.24) is 18.7 Å². The fourth-order valence-corrected chi connectivity index (χ4v) is 10.5. The van der Waals surface area contributed by atoms with E-state index in [1.807, 2.05) is 94.1 Å². The van der Waals surface area contributed by atoms with Crippen molar-refractivity contribution in [2.45, 2.75) is 12.4 Å².